The van der Waals surface area contributed by atoms with Crippen molar-refractivity contribution in [1.29, 1.82) is 0 Å². The van der Waals surface area contributed by atoms with E-state index in [1.807, 2.05) is 0 Å². The maximum atomic E-state index is 13.6. The quantitative estimate of drug-likeness (QED) is 0.901. The highest BCUT2D eigenvalue weighted by Gasteiger charge is 2.37. The molecular weight excluding hydrogens is 264 g/mol. The van der Waals surface area contributed by atoms with Crippen LogP contribution in [-0.4, -0.2) is 30.9 Å². The summed E-state index contributed by atoms with van der Waals surface area (Å²) in [5, 5.41) is 8.91. The number of hydrogen-bond acceptors (Lipinski definition) is 3. The van der Waals surface area contributed by atoms with Gasteiger partial charge in [-0.3, -0.25) is 0 Å². The molecule has 0 aromatic heterocycles. The molecule has 0 amide bonds. The lowest BCUT2D eigenvalue weighted by atomic mass is 10.2. The summed E-state index contributed by atoms with van der Waals surface area (Å²) in [5.74, 6) is -2.68. The van der Waals surface area contributed by atoms with E-state index >= 15 is 0 Å². The molecule has 1 aromatic carbocycles. The Morgan fingerprint density at radius 2 is 2.00 bits per heavy atom. The summed E-state index contributed by atoms with van der Waals surface area (Å²) in [5.41, 5.74) is 0.0247. The van der Waals surface area contributed by atoms with E-state index in [1.54, 1.807) is 0 Å². The second kappa shape index (κ2) is 4.56. The molecule has 0 spiro atoms. The van der Waals surface area contributed by atoms with E-state index in [9.17, 15) is 17.2 Å². The van der Waals surface area contributed by atoms with Crippen LogP contribution in [0.25, 0.3) is 0 Å². The smallest absolute Gasteiger partial charge is 0.246 e. The highest BCUT2D eigenvalue weighted by molar-refractivity contribution is 7.89. The minimum atomic E-state index is -4.05. The Bertz CT molecular complexity index is 570. The van der Waals surface area contributed by atoms with Crippen molar-refractivity contribution in [2.45, 2.75) is 30.4 Å². The summed E-state index contributed by atoms with van der Waals surface area (Å²) in [6.45, 7) is -0.549. The molecule has 7 heteroatoms. The van der Waals surface area contributed by atoms with Crippen LogP contribution in [0.4, 0.5) is 8.78 Å². The first-order valence-corrected chi connectivity index (χ1v) is 6.88. The summed E-state index contributed by atoms with van der Waals surface area (Å²) >= 11 is 0. The first kappa shape index (κ1) is 13.4. The first-order chi connectivity index (χ1) is 8.37. The lowest BCUT2D eigenvalue weighted by Gasteiger charge is -2.17. The van der Waals surface area contributed by atoms with Crippen LogP contribution < -0.4 is 0 Å². The van der Waals surface area contributed by atoms with Crippen molar-refractivity contribution < 1.29 is 22.3 Å². The van der Waals surface area contributed by atoms with Crippen LogP contribution >= 0.6 is 0 Å². The number of benzene rings is 1. The van der Waals surface area contributed by atoms with E-state index in [4.69, 9.17) is 5.11 Å². The summed E-state index contributed by atoms with van der Waals surface area (Å²) in [4.78, 5) is -0.721. The Balaban J connectivity index is 2.52. The van der Waals surface area contributed by atoms with Crippen LogP contribution in [0.5, 0.6) is 0 Å². The molecule has 2 rings (SSSR count). The molecule has 1 saturated carbocycles. The summed E-state index contributed by atoms with van der Waals surface area (Å²) in [6.07, 6.45) is 1.44. The van der Waals surface area contributed by atoms with Crippen molar-refractivity contribution in [1.82, 2.24) is 4.31 Å². The topological polar surface area (TPSA) is 57.6 Å². The number of aliphatic hydroxyl groups is 1. The zero-order valence-corrected chi connectivity index (χ0v) is 10.5. The number of halogens is 2. The van der Waals surface area contributed by atoms with Gasteiger partial charge in [0.05, 0.1) is 6.61 Å². The minimum absolute atomic E-state index is 0.0247. The zero-order chi connectivity index (χ0) is 13.5. The van der Waals surface area contributed by atoms with Crippen LogP contribution in [0.3, 0.4) is 0 Å². The maximum absolute atomic E-state index is 13.6. The third kappa shape index (κ3) is 2.25. The summed E-state index contributed by atoms with van der Waals surface area (Å²) in [6, 6.07) is 1.60. The van der Waals surface area contributed by atoms with Crippen LogP contribution in [0.1, 0.15) is 18.4 Å². The molecule has 100 valence electrons. The monoisotopic (exact) mass is 277 g/mol. The van der Waals surface area contributed by atoms with E-state index in [0.717, 1.165) is 29.3 Å². The lowest BCUT2D eigenvalue weighted by molar-refractivity contribution is 0.280. The molecule has 1 aliphatic carbocycles. The molecular formula is C11H13F2NO3S. The molecule has 0 atom stereocenters. The molecule has 1 aliphatic rings. The van der Waals surface area contributed by atoms with E-state index in [0.29, 0.717) is 0 Å². The number of nitrogens with zero attached hydrogens (tertiary/aromatic N) is 1. The Morgan fingerprint density at radius 3 is 2.50 bits per heavy atom. The van der Waals surface area contributed by atoms with Crippen molar-refractivity contribution in [3.63, 3.8) is 0 Å². The summed E-state index contributed by atoms with van der Waals surface area (Å²) in [7, 11) is -2.71. The molecule has 1 fully saturated rings. The number of hydrogen-bond donors (Lipinski definition) is 1. The Hall–Kier alpha value is -1.05. The van der Waals surface area contributed by atoms with Gasteiger partial charge in [0.2, 0.25) is 10.0 Å². The predicted molar refractivity (Wildman–Crippen MR) is 60.3 cm³/mol. The number of aliphatic hydroxyl groups excluding tert-OH is 1. The number of sulfonamides is 1. The van der Waals surface area contributed by atoms with Gasteiger partial charge in [-0.15, -0.1) is 0 Å². The third-order valence-electron chi connectivity index (χ3n) is 2.96. The van der Waals surface area contributed by atoms with E-state index in [-0.39, 0.29) is 11.6 Å². The Labute approximate surface area is 104 Å². The van der Waals surface area contributed by atoms with Crippen molar-refractivity contribution in [2.24, 2.45) is 0 Å². The fourth-order valence-corrected chi connectivity index (χ4v) is 3.22. The van der Waals surface area contributed by atoms with Crippen molar-refractivity contribution in [3.05, 3.63) is 29.3 Å². The van der Waals surface area contributed by atoms with Crippen molar-refractivity contribution in [3.8, 4) is 0 Å². The third-order valence-corrected chi connectivity index (χ3v) is 4.86. The molecule has 0 bridgehead atoms. The molecule has 0 heterocycles. The fourth-order valence-electron chi connectivity index (χ4n) is 1.69. The van der Waals surface area contributed by atoms with Gasteiger partial charge in [0.1, 0.15) is 4.90 Å². The van der Waals surface area contributed by atoms with Crippen molar-refractivity contribution >= 4 is 10.0 Å². The van der Waals surface area contributed by atoms with Crippen LogP contribution in [0.15, 0.2) is 17.0 Å². The predicted octanol–water partition coefficient (Wildman–Crippen LogP) is 1.24. The SMILES string of the molecule is CN(C1CC1)S(=O)(=O)c1cc(CO)cc(F)c1F. The minimum Gasteiger partial charge on any atom is -0.392 e. The van der Waals surface area contributed by atoms with E-state index < -0.39 is 33.2 Å². The molecule has 1 N–H and O–H groups in total. The van der Waals surface area contributed by atoms with Gasteiger partial charge in [0.15, 0.2) is 11.6 Å². The number of rotatable bonds is 4. The Morgan fingerprint density at radius 1 is 1.39 bits per heavy atom. The largest absolute Gasteiger partial charge is 0.392 e. The van der Waals surface area contributed by atoms with Gasteiger partial charge in [0, 0.05) is 13.1 Å². The second-order valence-corrected chi connectivity index (χ2v) is 6.27. The fraction of sp³-hybridized carbons (Fsp3) is 0.455. The highest BCUT2D eigenvalue weighted by atomic mass is 32.2. The van der Waals surface area contributed by atoms with Crippen LogP contribution in [-0.2, 0) is 16.6 Å². The van der Waals surface area contributed by atoms with Gasteiger partial charge in [-0.25, -0.2) is 17.2 Å². The van der Waals surface area contributed by atoms with Crippen LogP contribution in [0.2, 0.25) is 0 Å². The lowest BCUT2D eigenvalue weighted by Crippen LogP contribution is -2.30. The normalized spacial score (nSPS) is 16.3. The highest BCUT2D eigenvalue weighted by Crippen LogP contribution is 2.32. The first-order valence-electron chi connectivity index (χ1n) is 5.44. The van der Waals surface area contributed by atoms with Gasteiger partial charge >= 0.3 is 0 Å². The average molecular weight is 277 g/mol. The van der Waals surface area contributed by atoms with Crippen LogP contribution in [0, 0.1) is 11.6 Å². The molecule has 4 nitrogen and oxygen atoms in total. The van der Waals surface area contributed by atoms with E-state index in [1.165, 1.54) is 7.05 Å². The van der Waals surface area contributed by atoms with Gasteiger partial charge < -0.3 is 5.11 Å². The van der Waals surface area contributed by atoms with Gasteiger partial charge in [-0.1, -0.05) is 0 Å². The standard InChI is InChI=1S/C11H13F2NO3S/c1-14(8-2-3-8)18(16,17)10-5-7(6-15)4-9(12)11(10)13/h4-5,8,15H,2-3,6H2,1H3. The van der Waals surface area contributed by atoms with Gasteiger partial charge in [0.25, 0.3) is 0 Å². The molecule has 18 heavy (non-hydrogen) atoms. The zero-order valence-electron chi connectivity index (χ0n) is 9.73. The molecule has 0 unspecified atom stereocenters. The maximum Gasteiger partial charge on any atom is 0.246 e. The van der Waals surface area contributed by atoms with E-state index in [2.05, 4.69) is 0 Å². The molecule has 0 saturated heterocycles. The summed E-state index contributed by atoms with van der Waals surface area (Å²) < 4.78 is 52.1. The second-order valence-electron chi connectivity index (χ2n) is 4.30. The van der Waals surface area contributed by atoms with Crippen molar-refractivity contribution in [2.75, 3.05) is 7.05 Å². The average Bonchev–Trinajstić information content (AvgIpc) is 3.15. The van der Waals surface area contributed by atoms with Gasteiger partial charge in [-0.05, 0) is 30.5 Å². The molecule has 0 radical (unpaired) electrons. The molecule has 0 aliphatic heterocycles. The Kier molecular flexibility index (Phi) is 3.39. The molecule has 1 aromatic rings. The van der Waals surface area contributed by atoms with Gasteiger partial charge in [-0.2, -0.15) is 4.31 Å².